The summed E-state index contributed by atoms with van der Waals surface area (Å²) in [6, 6.07) is 7.55. The molecule has 1 aromatic carbocycles. The summed E-state index contributed by atoms with van der Waals surface area (Å²) >= 11 is 0. The van der Waals surface area contributed by atoms with Crippen LogP contribution in [0.5, 0.6) is 5.75 Å². The van der Waals surface area contributed by atoms with Gasteiger partial charge in [0.2, 0.25) is 0 Å². The molecule has 19 heavy (non-hydrogen) atoms. The molecule has 0 saturated carbocycles. The first-order valence-electron chi connectivity index (χ1n) is 6.28. The van der Waals surface area contributed by atoms with E-state index < -0.39 is 0 Å². The second-order valence-electron chi connectivity index (χ2n) is 4.65. The summed E-state index contributed by atoms with van der Waals surface area (Å²) < 4.78 is 7.47. The van der Waals surface area contributed by atoms with Crippen LogP contribution in [-0.4, -0.2) is 34.9 Å². The number of likely N-dealkylation sites (N-methyl/N-ethyl adjacent to an activating group) is 1. The lowest BCUT2D eigenvalue weighted by atomic mass is 10.3. The Labute approximate surface area is 113 Å². The van der Waals surface area contributed by atoms with Gasteiger partial charge in [-0.3, -0.25) is 9.58 Å². The SMILES string of the molecule is CN(CCOc1ccccc1N)Cc1cnn(C)c1. The van der Waals surface area contributed by atoms with Crippen LogP contribution in [0.15, 0.2) is 36.7 Å². The van der Waals surface area contributed by atoms with Crippen molar-refractivity contribution in [1.29, 1.82) is 0 Å². The van der Waals surface area contributed by atoms with Crippen LogP contribution in [0, 0.1) is 0 Å². The number of para-hydroxylation sites is 2. The molecule has 0 radical (unpaired) electrons. The van der Waals surface area contributed by atoms with Crippen molar-refractivity contribution in [3.8, 4) is 5.75 Å². The molecular formula is C14H20N4O. The number of hydrogen-bond acceptors (Lipinski definition) is 4. The van der Waals surface area contributed by atoms with Crippen molar-refractivity contribution in [3.63, 3.8) is 0 Å². The second kappa shape index (κ2) is 6.24. The molecule has 0 aliphatic rings. The Hall–Kier alpha value is -2.01. The van der Waals surface area contributed by atoms with Crippen LogP contribution in [-0.2, 0) is 13.6 Å². The van der Waals surface area contributed by atoms with Crippen molar-refractivity contribution in [2.45, 2.75) is 6.54 Å². The van der Waals surface area contributed by atoms with E-state index in [9.17, 15) is 0 Å². The first kappa shape index (κ1) is 13.4. The minimum atomic E-state index is 0.616. The van der Waals surface area contributed by atoms with Crippen molar-refractivity contribution in [2.24, 2.45) is 7.05 Å². The molecule has 102 valence electrons. The lowest BCUT2D eigenvalue weighted by Crippen LogP contribution is -2.23. The lowest BCUT2D eigenvalue weighted by Gasteiger charge is -2.16. The number of nitrogens with two attached hydrogens (primary N) is 1. The molecule has 0 aliphatic carbocycles. The molecular weight excluding hydrogens is 240 g/mol. The maximum Gasteiger partial charge on any atom is 0.142 e. The van der Waals surface area contributed by atoms with Crippen LogP contribution < -0.4 is 10.5 Å². The van der Waals surface area contributed by atoms with Crippen molar-refractivity contribution >= 4 is 5.69 Å². The summed E-state index contributed by atoms with van der Waals surface area (Å²) in [5.41, 5.74) is 7.69. The Balaban J connectivity index is 1.75. The van der Waals surface area contributed by atoms with Gasteiger partial charge < -0.3 is 10.5 Å². The number of ether oxygens (including phenoxy) is 1. The lowest BCUT2D eigenvalue weighted by molar-refractivity contribution is 0.233. The highest BCUT2D eigenvalue weighted by Crippen LogP contribution is 2.19. The summed E-state index contributed by atoms with van der Waals surface area (Å²) in [6.07, 6.45) is 3.90. The van der Waals surface area contributed by atoms with Gasteiger partial charge in [0.05, 0.1) is 11.9 Å². The number of benzene rings is 1. The van der Waals surface area contributed by atoms with Gasteiger partial charge in [0.15, 0.2) is 0 Å². The van der Waals surface area contributed by atoms with E-state index in [0.717, 1.165) is 18.8 Å². The van der Waals surface area contributed by atoms with E-state index in [4.69, 9.17) is 10.5 Å². The number of nitrogens with zero attached hydrogens (tertiary/aromatic N) is 3. The zero-order chi connectivity index (χ0) is 13.7. The highest BCUT2D eigenvalue weighted by molar-refractivity contribution is 5.51. The van der Waals surface area contributed by atoms with Crippen LogP contribution in [0.3, 0.4) is 0 Å². The van der Waals surface area contributed by atoms with Gasteiger partial charge in [-0.1, -0.05) is 12.1 Å². The number of aromatic nitrogens is 2. The zero-order valence-corrected chi connectivity index (χ0v) is 11.4. The monoisotopic (exact) mass is 260 g/mol. The Kier molecular flexibility index (Phi) is 4.41. The van der Waals surface area contributed by atoms with Gasteiger partial charge in [-0.2, -0.15) is 5.10 Å². The van der Waals surface area contributed by atoms with Gasteiger partial charge in [0, 0.05) is 31.9 Å². The number of nitrogen functional groups attached to an aromatic ring is 1. The van der Waals surface area contributed by atoms with Crippen LogP contribution in [0.4, 0.5) is 5.69 Å². The number of hydrogen-bond donors (Lipinski definition) is 1. The Morgan fingerprint density at radius 3 is 2.84 bits per heavy atom. The Morgan fingerprint density at radius 2 is 2.16 bits per heavy atom. The average molecular weight is 260 g/mol. The van der Waals surface area contributed by atoms with Crippen LogP contribution in [0.2, 0.25) is 0 Å². The van der Waals surface area contributed by atoms with Crippen molar-refractivity contribution in [3.05, 3.63) is 42.2 Å². The maximum atomic E-state index is 5.81. The molecule has 0 aliphatic heterocycles. The number of anilines is 1. The van der Waals surface area contributed by atoms with Gasteiger partial charge in [-0.25, -0.2) is 0 Å². The molecule has 0 saturated heterocycles. The standard InChI is InChI=1S/C14H20N4O/c1-17(10-12-9-16-18(2)11-12)7-8-19-14-6-4-3-5-13(14)15/h3-6,9,11H,7-8,10,15H2,1-2H3. The molecule has 2 aromatic rings. The molecule has 0 unspecified atom stereocenters. The van der Waals surface area contributed by atoms with E-state index in [1.54, 1.807) is 0 Å². The van der Waals surface area contributed by atoms with Crippen molar-refractivity contribution < 1.29 is 4.74 Å². The number of rotatable bonds is 6. The minimum Gasteiger partial charge on any atom is -0.490 e. The van der Waals surface area contributed by atoms with Gasteiger partial charge in [-0.15, -0.1) is 0 Å². The molecule has 0 bridgehead atoms. The van der Waals surface area contributed by atoms with E-state index >= 15 is 0 Å². The van der Waals surface area contributed by atoms with Gasteiger partial charge in [0.25, 0.3) is 0 Å². The Morgan fingerprint density at radius 1 is 1.37 bits per heavy atom. The van der Waals surface area contributed by atoms with Crippen LogP contribution in [0.1, 0.15) is 5.56 Å². The molecule has 0 fully saturated rings. The van der Waals surface area contributed by atoms with Crippen LogP contribution >= 0.6 is 0 Å². The fourth-order valence-corrected chi connectivity index (χ4v) is 1.87. The quantitative estimate of drug-likeness (QED) is 0.800. The van der Waals surface area contributed by atoms with E-state index in [-0.39, 0.29) is 0 Å². The predicted molar refractivity (Wildman–Crippen MR) is 75.9 cm³/mol. The minimum absolute atomic E-state index is 0.616. The van der Waals surface area contributed by atoms with Crippen molar-refractivity contribution in [1.82, 2.24) is 14.7 Å². The average Bonchev–Trinajstić information content (AvgIpc) is 2.77. The summed E-state index contributed by atoms with van der Waals surface area (Å²) in [5, 5.41) is 4.15. The van der Waals surface area contributed by atoms with E-state index in [2.05, 4.69) is 17.0 Å². The third-order valence-electron chi connectivity index (χ3n) is 2.86. The summed E-state index contributed by atoms with van der Waals surface area (Å²) in [7, 11) is 3.98. The topological polar surface area (TPSA) is 56.3 Å². The molecule has 0 atom stereocenters. The predicted octanol–water partition coefficient (Wildman–Crippen LogP) is 1.51. The van der Waals surface area contributed by atoms with E-state index in [1.165, 1.54) is 5.56 Å². The highest BCUT2D eigenvalue weighted by atomic mass is 16.5. The normalized spacial score (nSPS) is 10.9. The third-order valence-corrected chi connectivity index (χ3v) is 2.86. The second-order valence-corrected chi connectivity index (χ2v) is 4.65. The van der Waals surface area contributed by atoms with E-state index in [0.29, 0.717) is 12.3 Å². The molecule has 0 amide bonds. The fourth-order valence-electron chi connectivity index (χ4n) is 1.87. The zero-order valence-electron chi connectivity index (χ0n) is 11.4. The fraction of sp³-hybridized carbons (Fsp3) is 0.357. The molecule has 1 aromatic heterocycles. The van der Waals surface area contributed by atoms with Crippen molar-refractivity contribution in [2.75, 3.05) is 25.9 Å². The molecule has 1 heterocycles. The third kappa shape index (κ3) is 3.99. The largest absolute Gasteiger partial charge is 0.490 e. The first-order chi connectivity index (χ1) is 9.15. The summed E-state index contributed by atoms with van der Waals surface area (Å²) in [5.74, 6) is 0.747. The molecule has 5 heteroatoms. The Bertz CT molecular complexity index is 524. The highest BCUT2D eigenvalue weighted by Gasteiger charge is 2.03. The number of aryl methyl sites for hydroxylation is 1. The molecule has 0 spiro atoms. The molecule has 5 nitrogen and oxygen atoms in total. The first-order valence-corrected chi connectivity index (χ1v) is 6.28. The van der Waals surface area contributed by atoms with Gasteiger partial charge >= 0.3 is 0 Å². The maximum absolute atomic E-state index is 5.81. The summed E-state index contributed by atoms with van der Waals surface area (Å²) in [6.45, 7) is 2.32. The molecule has 2 rings (SSSR count). The summed E-state index contributed by atoms with van der Waals surface area (Å²) in [4.78, 5) is 2.19. The van der Waals surface area contributed by atoms with E-state index in [1.807, 2.05) is 48.4 Å². The van der Waals surface area contributed by atoms with Gasteiger partial charge in [0.1, 0.15) is 12.4 Å². The molecule has 2 N–H and O–H groups in total. The van der Waals surface area contributed by atoms with Crippen LogP contribution in [0.25, 0.3) is 0 Å². The van der Waals surface area contributed by atoms with Gasteiger partial charge in [-0.05, 0) is 19.2 Å². The smallest absolute Gasteiger partial charge is 0.142 e.